The van der Waals surface area contributed by atoms with Crippen molar-refractivity contribution in [3.05, 3.63) is 44.0 Å². The molecular weight excluding hydrogens is 288 g/mol. The van der Waals surface area contributed by atoms with Crippen molar-refractivity contribution in [1.29, 1.82) is 0 Å². The predicted octanol–water partition coefficient (Wildman–Crippen LogP) is 3.44. The molecule has 0 bridgehead atoms. The van der Waals surface area contributed by atoms with Crippen molar-refractivity contribution in [2.75, 3.05) is 0 Å². The van der Waals surface area contributed by atoms with Crippen LogP contribution in [-0.4, -0.2) is 16.1 Å². The first-order valence-electron chi connectivity index (χ1n) is 7.40. The van der Waals surface area contributed by atoms with Gasteiger partial charge in [0.2, 0.25) is 0 Å². The van der Waals surface area contributed by atoms with E-state index in [0.717, 1.165) is 38.0 Å². The van der Waals surface area contributed by atoms with Crippen LogP contribution in [-0.2, 0) is 11.2 Å². The summed E-state index contributed by atoms with van der Waals surface area (Å²) in [4.78, 5) is 32.0. The van der Waals surface area contributed by atoms with E-state index in [4.69, 9.17) is 0 Å². The molecule has 0 radical (unpaired) electrons. The van der Waals surface area contributed by atoms with E-state index in [1.165, 1.54) is 18.6 Å². The summed E-state index contributed by atoms with van der Waals surface area (Å²) in [7, 11) is 0. The Balaban J connectivity index is 2.24. The molecule has 22 heavy (non-hydrogen) atoms. The largest absolute Gasteiger partial charge is 0.303 e. The van der Waals surface area contributed by atoms with Crippen LogP contribution in [0.25, 0.3) is 0 Å². The molecule has 0 saturated heterocycles. The molecule has 1 aliphatic rings. The maximum atomic E-state index is 11.4. The molecular formula is C15H18N2O5. The van der Waals surface area contributed by atoms with Gasteiger partial charge in [-0.3, -0.25) is 20.2 Å². The highest BCUT2D eigenvalue weighted by Crippen LogP contribution is 2.33. The minimum atomic E-state index is -0.658. The Morgan fingerprint density at radius 3 is 2.36 bits per heavy atom. The standard InChI is InChI=1S/C15H18N2O5/c18-10-13(11-4-2-1-3-5-11)8-12-6-7-14(16(19)20)9-15(12)17(21)22/h6-7,9-11,13H,1-5,8H2/t13-/m0/s1. The molecule has 0 N–H and O–H groups in total. The first-order valence-corrected chi connectivity index (χ1v) is 7.40. The van der Waals surface area contributed by atoms with E-state index in [1.807, 2.05) is 0 Å². The van der Waals surface area contributed by atoms with E-state index in [1.54, 1.807) is 0 Å². The Hall–Kier alpha value is -2.31. The summed E-state index contributed by atoms with van der Waals surface area (Å²) in [6.45, 7) is 0. The molecule has 1 aromatic rings. The Morgan fingerprint density at radius 1 is 1.14 bits per heavy atom. The number of carbonyl (C=O) groups is 1. The zero-order valence-corrected chi connectivity index (χ0v) is 12.1. The molecule has 0 amide bonds. The van der Waals surface area contributed by atoms with E-state index >= 15 is 0 Å². The van der Waals surface area contributed by atoms with Gasteiger partial charge in [0.25, 0.3) is 11.4 Å². The Bertz CT molecular complexity index is 581. The first kappa shape index (κ1) is 16.1. The molecule has 1 fully saturated rings. The topological polar surface area (TPSA) is 103 Å². The van der Waals surface area contributed by atoms with Crippen LogP contribution in [0.4, 0.5) is 11.4 Å². The molecule has 1 aliphatic carbocycles. The van der Waals surface area contributed by atoms with Gasteiger partial charge in [-0.15, -0.1) is 0 Å². The van der Waals surface area contributed by atoms with Crippen LogP contribution >= 0.6 is 0 Å². The number of benzene rings is 1. The monoisotopic (exact) mass is 306 g/mol. The van der Waals surface area contributed by atoms with E-state index in [0.29, 0.717) is 5.56 Å². The van der Waals surface area contributed by atoms with Crippen LogP contribution in [0.1, 0.15) is 37.7 Å². The van der Waals surface area contributed by atoms with Crippen LogP contribution in [0.2, 0.25) is 0 Å². The van der Waals surface area contributed by atoms with Crippen molar-refractivity contribution < 1.29 is 14.6 Å². The number of nitro groups is 2. The molecule has 0 aromatic heterocycles. The van der Waals surface area contributed by atoms with Gasteiger partial charge in [0, 0.05) is 17.5 Å². The highest BCUT2D eigenvalue weighted by molar-refractivity contribution is 5.57. The molecule has 7 heteroatoms. The van der Waals surface area contributed by atoms with Crippen molar-refractivity contribution in [2.24, 2.45) is 11.8 Å². The minimum Gasteiger partial charge on any atom is -0.303 e. The van der Waals surface area contributed by atoms with Gasteiger partial charge in [0.05, 0.1) is 15.9 Å². The molecule has 7 nitrogen and oxygen atoms in total. The Morgan fingerprint density at radius 2 is 1.82 bits per heavy atom. The lowest BCUT2D eigenvalue weighted by Crippen LogP contribution is -2.21. The summed E-state index contributed by atoms with van der Waals surface area (Å²) in [6.07, 6.45) is 6.40. The lowest BCUT2D eigenvalue weighted by atomic mass is 9.78. The average Bonchev–Trinajstić information content (AvgIpc) is 2.53. The van der Waals surface area contributed by atoms with Crippen LogP contribution in [0.5, 0.6) is 0 Å². The molecule has 1 atom stereocenters. The second kappa shape index (κ2) is 7.11. The zero-order valence-electron chi connectivity index (χ0n) is 12.1. The Kier molecular flexibility index (Phi) is 5.19. The van der Waals surface area contributed by atoms with Gasteiger partial charge >= 0.3 is 0 Å². The number of rotatable bonds is 6. The molecule has 118 valence electrons. The molecule has 0 spiro atoms. The van der Waals surface area contributed by atoms with Crippen molar-refractivity contribution in [3.8, 4) is 0 Å². The summed E-state index contributed by atoms with van der Waals surface area (Å²) in [5.41, 5.74) is -0.203. The highest BCUT2D eigenvalue weighted by Gasteiger charge is 2.27. The quantitative estimate of drug-likeness (QED) is 0.455. The number of non-ortho nitro benzene ring substituents is 1. The average molecular weight is 306 g/mol. The molecule has 0 aliphatic heterocycles. The van der Waals surface area contributed by atoms with Crippen molar-refractivity contribution in [2.45, 2.75) is 38.5 Å². The molecule has 1 saturated carbocycles. The fraction of sp³-hybridized carbons (Fsp3) is 0.533. The predicted molar refractivity (Wildman–Crippen MR) is 79.6 cm³/mol. The number of hydrogen-bond donors (Lipinski definition) is 0. The number of nitrogens with zero attached hydrogens (tertiary/aromatic N) is 2. The molecule has 0 heterocycles. The summed E-state index contributed by atoms with van der Waals surface area (Å²) in [6, 6.07) is 3.62. The number of aldehydes is 1. The van der Waals surface area contributed by atoms with Crippen molar-refractivity contribution in [3.63, 3.8) is 0 Å². The zero-order chi connectivity index (χ0) is 16.1. The van der Waals surface area contributed by atoms with E-state index in [2.05, 4.69) is 0 Å². The lowest BCUT2D eigenvalue weighted by molar-refractivity contribution is -0.394. The van der Waals surface area contributed by atoms with Gasteiger partial charge in [-0.1, -0.05) is 19.3 Å². The summed E-state index contributed by atoms with van der Waals surface area (Å²) < 4.78 is 0. The third kappa shape index (κ3) is 3.66. The van der Waals surface area contributed by atoms with Gasteiger partial charge in [-0.05, 0) is 31.2 Å². The van der Waals surface area contributed by atoms with Crippen LogP contribution in [0, 0.1) is 32.1 Å². The maximum absolute atomic E-state index is 11.4. The van der Waals surface area contributed by atoms with Gasteiger partial charge in [-0.2, -0.15) is 0 Å². The van der Waals surface area contributed by atoms with Crippen molar-refractivity contribution >= 4 is 17.7 Å². The van der Waals surface area contributed by atoms with E-state index < -0.39 is 9.85 Å². The van der Waals surface area contributed by atoms with E-state index in [9.17, 15) is 25.0 Å². The lowest BCUT2D eigenvalue weighted by Gasteiger charge is -2.26. The van der Waals surface area contributed by atoms with Crippen LogP contribution in [0.15, 0.2) is 18.2 Å². The van der Waals surface area contributed by atoms with Gasteiger partial charge in [0.1, 0.15) is 6.29 Å². The summed E-state index contributed by atoms with van der Waals surface area (Å²) >= 11 is 0. The molecule has 2 rings (SSSR count). The highest BCUT2D eigenvalue weighted by atomic mass is 16.6. The van der Waals surface area contributed by atoms with Crippen LogP contribution < -0.4 is 0 Å². The minimum absolute atomic E-state index is 0.251. The van der Waals surface area contributed by atoms with Gasteiger partial charge in [-0.25, -0.2) is 0 Å². The first-order chi connectivity index (χ1) is 10.5. The second-order valence-corrected chi connectivity index (χ2v) is 5.73. The van der Waals surface area contributed by atoms with Gasteiger partial charge in [0.15, 0.2) is 0 Å². The number of carbonyl (C=O) groups excluding carboxylic acids is 1. The SMILES string of the molecule is O=C[C@H](Cc1ccc([N+](=O)[O-])cc1[N+](=O)[O-])C1CCCCC1. The molecule has 1 aromatic carbocycles. The summed E-state index contributed by atoms with van der Waals surface area (Å²) in [5.74, 6) is -0.0125. The number of nitro benzene ring substituents is 2. The van der Waals surface area contributed by atoms with Crippen LogP contribution in [0.3, 0.4) is 0 Å². The number of hydrogen-bond acceptors (Lipinski definition) is 5. The second-order valence-electron chi connectivity index (χ2n) is 5.73. The smallest absolute Gasteiger partial charge is 0.279 e. The third-order valence-electron chi connectivity index (χ3n) is 4.36. The maximum Gasteiger partial charge on any atom is 0.279 e. The fourth-order valence-electron chi connectivity index (χ4n) is 3.15. The summed E-state index contributed by atoms with van der Waals surface area (Å²) in [5, 5.41) is 21.9. The van der Waals surface area contributed by atoms with Gasteiger partial charge < -0.3 is 4.79 Å². The van der Waals surface area contributed by atoms with Crippen molar-refractivity contribution in [1.82, 2.24) is 0 Å². The normalized spacial score (nSPS) is 16.9. The molecule has 0 unspecified atom stereocenters. The third-order valence-corrected chi connectivity index (χ3v) is 4.36. The van der Waals surface area contributed by atoms with E-state index in [-0.39, 0.29) is 29.6 Å². The fourth-order valence-corrected chi connectivity index (χ4v) is 3.15. The Labute approximate surface area is 127 Å².